The van der Waals surface area contributed by atoms with E-state index in [-0.39, 0.29) is 24.2 Å². The summed E-state index contributed by atoms with van der Waals surface area (Å²) in [5.74, 6) is -0.141. The number of carbonyl (C=O) groups excluding carboxylic acids is 2. The van der Waals surface area contributed by atoms with Crippen LogP contribution in [0.2, 0.25) is 0 Å². The van der Waals surface area contributed by atoms with Gasteiger partial charge >= 0.3 is 0 Å². The highest BCUT2D eigenvalue weighted by molar-refractivity contribution is 5.99. The zero-order valence-corrected chi connectivity index (χ0v) is 13.0. The van der Waals surface area contributed by atoms with Gasteiger partial charge in [0.05, 0.1) is 11.4 Å². The Labute approximate surface area is 138 Å². The Kier molecular flexibility index (Phi) is 4.74. The third-order valence-electron chi connectivity index (χ3n) is 3.69. The highest BCUT2D eigenvalue weighted by atomic mass is 19.1. The molecule has 2 N–H and O–H groups in total. The summed E-state index contributed by atoms with van der Waals surface area (Å²) in [7, 11) is 0. The molecule has 2 amide bonds. The van der Waals surface area contributed by atoms with Crippen LogP contribution in [0.25, 0.3) is 0 Å². The van der Waals surface area contributed by atoms with Crippen LogP contribution >= 0.6 is 0 Å². The van der Waals surface area contributed by atoms with Crippen molar-refractivity contribution < 1.29 is 18.7 Å². The maximum absolute atomic E-state index is 12.8. The SMILES string of the molecule is O=C(CCCc1ccc(F)cc1)Nc1cccc2c1OCC(=O)N2. The monoisotopic (exact) mass is 328 g/mol. The fraction of sp³-hybridized carbons (Fsp3) is 0.222. The molecule has 0 atom stereocenters. The van der Waals surface area contributed by atoms with Gasteiger partial charge in [0.1, 0.15) is 5.82 Å². The van der Waals surface area contributed by atoms with E-state index < -0.39 is 0 Å². The lowest BCUT2D eigenvalue weighted by atomic mass is 10.1. The van der Waals surface area contributed by atoms with Crippen molar-refractivity contribution in [3.63, 3.8) is 0 Å². The van der Waals surface area contributed by atoms with Crippen LogP contribution in [0.3, 0.4) is 0 Å². The molecule has 0 bridgehead atoms. The third kappa shape index (κ3) is 3.90. The van der Waals surface area contributed by atoms with Gasteiger partial charge in [-0.2, -0.15) is 0 Å². The predicted molar refractivity (Wildman–Crippen MR) is 88.5 cm³/mol. The second-order valence-electron chi connectivity index (χ2n) is 5.55. The van der Waals surface area contributed by atoms with Crippen LogP contribution in [0.5, 0.6) is 5.75 Å². The number of aryl methyl sites for hydroxylation is 1. The van der Waals surface area contributed by atoms with Gasteiger partial charge in [-0.3, -0.25) is 9.59 Å². The zero-order valence-electron chi connectivity index (χ0n) is 13.0. The second-order valence-corrected chi connectivity index (χ2v) is 5.55. The molecule has 1 aliphatic rings. The van der Waals surface area contributed by atoms with Crippen molar-refractivity contribution in [2.45, 2.75) is 19.3 Å². The lowest BCUT2D eigenvalue weighted by molar-refractivity contribution is -0.118. The molecular weight excluding hydrogens is 311 g/mol. The number of anilines is 2. The van der Waals surface area contributed by atoms with Gasteiger partial charge in [-0.15, -0.1) is 0 Å². The minimum absolute atomic E-state index is 0.0650. The Morgan fingerprint density at radius 2 is 2.00 bits per heavy atom. The van der Waals surface area contributed by atoms with Crippen LogP contribution in [0.4, 0.5) is 15.8 Å². The van der Waals surface area contributed by atoms with E-state index in [1.807, 2.05) is 0 Å². The summed E-state index contributed by atoms with van der Waals surface area (Å²) in [6.45, 7) is -0.0650. The molecule has 0 fully saturated rings. The Morgan fingerprint density at radius 1 is 1.21 bits per heavy atom. The van der Waals surface area contributed by atoms with Crippen molar-refractivity contribution in [2.75, 3.05) is 17.2 Å². The smallest absolute Gasteiger partial charge is 0.262 e. The van der Waals surface area contributed by atoms with Crippen LogP contribution in [-0.4, -0.2) is 18.4 Å². The molecule has 2 aromatic rings. The number of amides is 2. The van der Waals surface area contributed by atoms with E-state index in [4.69, 9.17) is 4.74 Å². The number of fused-ring (bicyclic) bond motifs is 1. The number of hydrogen-bond donors (Lipinski definition) is 2. The van der Waals surface area contributed by atoms with E-state index in [9.17, 15) is 14.0 Å². The van der Waals surface area contributed by atoms with Gasteiger partial charge in [0.2, 0.25) is 5.91 Å². The number of nitrogens with one attached hydrogen (secondary N) is 2. The molecule has 1 aliphatic heterocycles. The van der Waals surface area contributed by atoms with E-state index in [2.05, 4.69) is 10.6 Å². The van der Waals surface area contributed by atoms with E-state index >= 15 is 0 Å². The van der Waals surface area contributed by atoms with Crippen LogP contribution in [0.15, 0.2) is 42.5 Å². The number of hydrogen-bond acceptors (Lipinski definition) is 3. The zero-order chi connectivity index (χ0) is 16.9. The molecule has 124 valence electrons. The van der Waals surface area contributed by atoms with Crippen LogP contribution < -0.4 is 15.4 Å². The normalized spacial score (nSPS) is 12.8. The molecule has 0 saturated heterocycles. The topological polar surface area (TPSA) is 67.4 Å². The highest BCUT2D eigenvalue weighted by Gasteiger charge is 2.19. The number of rotatable bonds is 5. The average Bonchev–Trinajstić information content (AvgIpc) is 2.56. The minimum Gasteiger partial charge on any atom is -0.479 e. The second kappa shape index (κ2) is 7.12. The van der Waals surface area contributed by atoms with Crippen molar-refractivity contribution in [1.82, 2.24) is 0 Å². The fourth-order valence-corrected chi connectivity index (χ4v) is 2.53. The maximum Gasteiger partial charge on any atom is 0.262 e. The first-order valence-corrected chi connectivity index (χ1v) is 7.72. The molecule has 0 unspecified atom stereocenters. The summed E-state index contributed by atoms with van der Waals surface area (Å²) in [4.78, 5) is 23.4. The van der Waals surface area contributed by atoms with Crippen molar-refractivity contribution in [3.05, 3.63) is 53.8 Å². The fourth-order valence-electron chi connectivity index (χ4n) is 2.53. The van der Waals surface area contributed by atoms with Gasteiger partial charge < -0.3 is 15.4 Å². The number of halogens is 1. The Balaban J connectivity index is 1.55. The Morgan fingerprint density at radius 3 is 2.79 bits per heavy atom. The summed E-state index contributed by atoms with van der Waals surface area (Å²) in [6.07, 6.45) is 1.70. The molecule has 5 nitrogen and oxygen atoms in total. The molecule has 0 radical (unpaired) electrons. The minimum atomic E-state index is -0.266. The maximum atomic E-state index is 12.8. The Bertz CT molecular complexity index is 759. The summed E-state index contributed by atoms with van der Waals surface area (Å²) < 4.78 is 18.2. The average molecular weight is 328 g/mol. The van der Waals surface area contributed by atoms with Crippen LogP contribution in [0, 0.1) is 5.82 Å². The lowest BCUT2D eigenvalue weighted by Gasteiger charge is -2.20. The first kappa shape index (κ1) is 16.0. The summed E-state index contributed by atoms with van der Waals surface area (Å²) >= 11 is 0. The summed E-state index contributed by atoms with van der Waals surface area (Å²) in [6, 6.07) is 11.5. The molecule has 0 aliphatic carbocycles. The molecule has 24 heavy (non-hydrogen) atoms. The molecule has 0 spiro atoms. The van der Waals surface area contributed by atoms with E-state index in [0.717, 1.165) is 5.56 Å². The van der Waals surface area contributed by atoms with Gasteiger partial charge in [0.15, 0.2) is 12.4 Å². The molecule has 0 saturated carbocycles. The van der Waals surface area contributed by atoms with Crippen molar-refractivity contribution >= 4 is 23.2 Å². The molecule has 3 rings (SSSR count). The summed E-state index contributed by atoms with van der Waals surface area (Å²) in [5.41, 5.74) is 2.09. The van der Waals surface area contributed by atoms with Crippen LogP contribution in [0.1, 0.15) is 18.4 Å². The largest absolute Gasteiger partial charge is 0.479 e. The highest BCUT2D eigenvalue weighted by Crippen LogP contribution is 2.35. The van der Waals surface area contributed by atoms with Crippen molar-refractivity contribution in [2.24, 2.45) is 0 Å². The van der Waals surface area contributed by atoms with Crippen LogP contribution in [-0.2, 0) is 16.0 Å². The standard InChI is InChI=1S/C18H17FN2O3/c19-13-9-7-12(8-10-13)3-1-6-16(22)20-14-4-2-5-15-18(14)24-11-17(23)21-15/h2,4-5,7-10H,1,3,6,11H2,(H,20,22)(H,21,23). The van der Waals surface area contributed by atoms with Crippen molar-refractivity contribution in [1.29, 1.82) is 0 Å². The lowest BCUT2D eigenvalue weighted by Crippen LogP contribution is -2.26. The number of para-hydroxylation sites is 1. The van der Waals surface area contributed by atoms with Gasteiger partial charge in [-0.25, -0.2) is 4.39 Å². The van der Waals surface area contributed by atoms with Gasteiger partial charge in [0.25, 0.3) is 5.91 Å². The van der Waals surface area contributed by atoms with E-state index in [0.29, 0.717) is 36.4 Å². The third-order valence-corrected chi connectivity index (χ3v) is 3.69. The first-order valence-electron chi connectivity index (χ1n) is 7.72. The molecule has 0 aromatic heterocycles. The van der Waals surface area contributed by atoms with Gasteiger partial charge in [0, 0.05) is 6.42 Å². The first-order chi connectivity index (χ1) is 11.6. The summed E-state index contributed by atoms with van der Waals surface area (Å²) in [5, 5.41) is 5.50. The van der Waals surface area contributed by atoms with E-state index in [1.165, 1.54) is 12.1 Å². The predicted octanol–water partition coefficient (Wildman–Crippen LogP) is 3.12. The van der Waals surface area contributed by atoms with Gasteiger partial charge in [-0.05, 0) is 42.7 Å². The number of benzene rings is 2. The van der Waals surface area contributed by atoms with Crippen molar-refractivity contribution in [3.8, 4) is 5.75 Å². The van der Waals surface area contributed by atoms with E-state index in [1.54, 1.807) is 30.3 Å². The molecular formula is C18H17FN2O3. The number of ether oxygens (including phenoxy) is 1. The Hall–Kier alpha value is -2.89. The number of carbonyl (C=O) groups is 2. The quantitative estimate of drug-likeness (QED) is 0.886. The molecule has 1 heterocycles. The van der Waals surface area contributed by atoms with Gasteiger partial charge in [-0.1, -0.05) is 18.2 Å². The molecule has 2 aromatic carbocycles. The molecule has 6 heteroatoms.